The van der Waals surface area contributed by atoms with Gasteiger partial charge in [-0.25, -0.2) is 54.8 Å². The van der Waals surface area contributed by atoms with Crippen molar-refractivity contribution in [2.75, 3.05) is 182 Å². The zero-order chi connectivity index (χ0) is 116. The Hall–Kier alpha value is 0.960. The average Bonchev–Trinajstić information content (AvgIpc) is 0.933. The Morgan fingerprint density at radius 3 is 0.517 bits per heavy atom. The summed E-state index contributed by atoms with van der Waals surface area (Å²) < 4.78 is 248. The highest BCUT2D eigenvalue weighted by atomic mass is 31.2. The first-order chi connectivity index (χ1) is 67.7. The van der Waals surface area contributed by atoms with Crippen molar-refractivity contribution in [1.29, 1.82) is 0 Å². The molecule has 0 rings (SSSR count). The van der Waals surface area contributed by atoms with E-state index in [1.165, 1.54) is 21.3 Å². The van der Waals surface area contributed by atoms with E-state index in [1.807, 2.05) is 62.3 Å². The molecule has 0 aromatic heterocycles. The minimum atomic E-state index is -4.35. The number of phosphoric ester groups is 12. The molecule has 0 spiro atoms. The topological polar surface area (TPSA) is 818 Å². The molecular weight excluding hydrogens is 2220 g/mol. The summed E-state index contributed by atoms with van der Waals surface area (Å²) >= 11 is 0. The van der Waals surface area contributed by atoms with Crippen molar-refractivity contribution in [2.45, 2.75) is 299 Å². The van der Waals surface area contributed by atoms with Gasteiger partial charge < -0.3 is 131 Å². The van der Waals surface area contributed by atoms with Gasteiger partial charge in [0, 0.05) is 41.2 Å². The Labute approximate surface area is 873 Å². The smallest absolute Gasteiger partial charge is 0.358 e. The van der Waals surface area contributed by atoms with E-state index in [-0.39, 0.29) is 107 Å². The standard InChI is InChI=1S/2C12H27O4P.C10H23O6P.C8H19O4P.C6H15O6P.2C6H15O4P.C5H13O5P.C4H11O6P.C4H11O4P.C3H9O5P.C2H7O5P/c1-11(2)7-5-9-15-17(13,14)16-10-6-8-12(3)4;1-3-5-7-9-11-15-17(13,14)16-12-10-8-6-4-2;1-9(2)5-13-7-15-17(11,12)16-8-14-6-10(3)4;1-3-5-7-11-13(9,10)12-8-6-4-2;1-3-9-5-11-13(7,8)12-6-10-4-2;1-6(2)4-3-5-10-11(7,8)9;1-2-3-4-5-6-10-11(7,8)9;1-5(2)3-9-4-10-11(6,7)8;1-7-3-9-11(5,6)10-4-8-2;1-2-3-4-8-9(5,6)7;1-2-7-3-8-9(4,5)6;1-6-2-7-8(3,4)5/h11-12H,5-10H2,1-4H3,(H,13,14);3-12H2,1-2H3,(H,13,14);9-10H,5-8H2,1-4H3,(H,11,12);3-8H2,1-2H3,(H,9,10);3-6H2,1-2H3,(H,7,8);6H,3-5H2,1-2H3,(H2,7,8,9);2-6H2,1H3,(H2,7,8,9);5H,3-4H2,1-2H3,(H2,6,7,8);3-4H2,1-2H3,(H,5,6);2-4H2,1H3,(H2,5,6,7);2-3H2,1H3,(H2,4,5,6);2H2,1H3,(H2,3,4,5). The van der Waals surface area contributed by atoms with Gasteiger partial charge in [-0.1, -0.05) is 202 Å². The highest BCUT2D eigenvalue weighted by molar-refractivity contribution is 7.49. The van der Waals surface area contributed by atoms with E-state index in [9.17, 15) is 69.5 Å². The van der Waals surface area contributed by atoms with Crippen LogP contribution in [0.15, 0.2) is 0 Å². The lowest BCUT2D eigenvalue weighted by Gasteiger charge is -2.13. The summed E-state index contributed by atoms with van der Waals surface area (Å²) in [5.41, 5.74) is 0. The minimum Gasteiger partial charge on any atom is -0.358 e. The maximum Gasteiger partial charge on any atom is 0.476 e. The van der Waals surface area contributed by atoms with E-state index < -0.39 is 93.9 Å². The van der Waals surface area contributed by atoms with Crippen LogP contribution in [0.3, 0.4) is 0 Å². The van der Waals surface area contributed by atoms with E-state index in [4.69, 9.17) is 124 Å². The minimum absolute atomic E-state index is 0.140. The predicted molar refractivity (Wildman–Crippen MR) is 546 cm³/mol. The summed E-state index contributed by atoms with van der Waals surface area (Å²) in [6.45, 7) is 43.7. The Balaban J connectivity index is -0.000000136. The Morgan fingerprint density at radius 2 is 0.327 bits per heavy atom. The first-order valence-corrected chi connectivity index (χ1v) is 65.7. The molecule has 0 aliphatic rings. The van der Waals surface area contributed by atoms with Crippen LogP contribution in [0.5, 0.6) is 0 Å². The molecule has 18 N–H and O–H groups in total. The molecule has 0 aliphatic heterocycles. The molecule has 906 valence electrons. The summed E-state index contributed by atoms with van der Waals surface area (Å²) in [7, 11) is -45.1. The van der Waals surface area contributed by atoms with Crippen molar-refractivity contribution in [3.63, 3.8) is 0 Å². The highest BCUT2D eigenvalue weighted by Crippen LogP contribution is 2.48. The van der Waals surface area contributed by atoms with Gasteiger partial charge in [0.1, 0.15) is 0 Å². The van der Waals surface area contributed by atoms with E-state index in [0.29, 0.717) is 101 Å². The van der Waals surface area contributed by atoms with Crippen molar-refractivity contribution in [3.05, 3.63) is 0 Å². The van der Waals surface area contributed by atoms with Gasteiger partial charge in [-0.3, -0.25) is 81.4 Å². The lowest BCUT2D eigenvalue weighted by molar-refractivity contribution is -0.0487. The van der Waals surface area contributed by atoms with Crippen LogP contribution < -0.4 is 0 Å². The lowest BCUT2D eigenvalue weighted by atomic mass is 10.1. The largest absolute Gasteiger partial charge is 0.476 e. The molecule has 0 amide bonds. The summed E-state index contributed by atoms with van der Waals surface area (Å²) in [6, 6.07) is 0. The van der Waals surface area contributed by atoms with Crippen molar-refractivity contribution in [3.8, 4) is 0 Å². The fraction of sp³-hybridized carbons (Fsp3) is 1.00. The summed E-state index contributed by atoms with van der Waals surface area (Å²) in [4.78, 5) is 152. The lowest BCUT2D eigenvalue weighted by Crippen LogP contribution is -2.08. The van der Waals surface area contributed by atoms with Gasteiger partial charge in [-0.15, -0.1) is 0 Å². The number of phosphoric acid groups is 12. The number of hydrogen-bond acceptors (Lipinski definition) is 39. The molecular formula is C78H192O57P12. The van der Waals surface area contributed by atoms with Crippen LogP contribution in [0.1, 0.15) is 299 Å². The van der Waals surface area contributed by atoms with Gasteiger partial charge in [0.05, 0.1) is 79.3 Å². The molecule has 0 saturated carbocycles. The number of hydrogen-bond donors (Lipinski definition) is 18. The third-order valence-corrected chi connectivity index (χ3v) is 22.9. The van der Waals surface area contributed by atoms with E-state index >= 15 is 0 Å². The van der Waals surface area contributed by atoms with Gasteiger partial charge in [0.15, 0.2) is 61.1 Å². The molecule has 0 aromatic carbocycles. The molecule has 0 aliphatic carbocycles. The first kappa shape index (κ1) is 173. The average molecular weight is 2410 g/mol. The second-order valence-electron chi connectivity index (χ2n) is 32.0. The van der Waals surface area contributed by atoms with Crippen LogP contribution in [-0.4, -0.2) is 270 Å². The van der Waals surface area contributed by atoms with Crippen LogP contribution in [0.2, 0.25) is 0 Å². The summed E-state index contributed by atoms with van der Waals surface area (Å²) in [6.07, 6.45) is 22.3. The molecule has 0 bridgehead atoms. The molecule has 0 heterocycles. The van der Waals surface area contributed by atoms with Crippen LogP contribution in [-0.2, 0) is 179 Å². The monoisotopic (exact) mass is 2410 g/mol. The second kappa shape index (κ2) is 114. The number of unbranched alkanes of at least 4 members (excludes halogenated alkanes) is 12. The van der Waals surface area contributed by atoms with Gasteiger partial charge in [-0.2, -0.15) is 0 Å². The third kappa shape index (κ3) is 201. The van der Waals surface area contributed by atoms with Gasteiger partial charge in [-0.05, 0) is 133 Å². The molecule has 0 unspecified atom stereocenters. The second-order valence-corrected chi connectivity index (χ2v) is 48.1. The van der Waals surface area contributed by atoms with Gasteiger partial charge >= 0.3 is 93.9 Å². The third-order valence-electron chi connectivity index (χ3n) is 14.3. The molecule has 0 aromatic rings. The zero-order valence-corrected chi connectivity index (χ0v) is 101. The normalized spacial score (nSPS) is 12.2. The fourth-order valence-electron chi connectivity index (χ4n) is 7.44. The Morgan fingerprint density at radius 1 is 0.170 bits per heavy atom. The summed E-state index contributed by atoms with van der Waals surface area (Å²) in [5.74, 6) is 2.73. The van der Waals surface area contributed by atoms with Crippen LogP contribution in [0.25, 0.3) is 0 Å². The van der Waals surface area contributed by atoms with E-state index in [1.54, 1.807) is 20.8 Å². The fourth-order valence-corrected chi connectivity index (χ4v) is 13.1. The number of ether oxygens (including phenoxy) is 9. The number of methoxy groups -OCH3 is 3. The quantitative estimate of drug-likeness (QED) is 0.0153. The first-order valence-electron chi connectivity index (χ1n) is 47.6. The molecule has 0 fully saturated rings. The van der Waals surface area contributed by atoms with Crippen LogP contribution >= 0.6 is 93.9 Å². The van der Waals surface area contributed by atoms with E-state index in [0.717, 1.165) is 141 Å². The maximum atomic E-state index is 11.4. The maximum absolute atomic E-state index is 11.4. The van der Waals surface area contributed by atoms with Gasteiger partial charge in [0.25, 0.3) is 0 Å². The molecule has 0 saturated heterocycles. The molecule has 0 atom stereocenters. The predicted octanol–water partition coefficient (Wildman–Crippen LogP) is 19.4. The van der Waals surface area contributed by atoms with Crippen molar-refractivity contribution in [1.82, 2.24) is 0 Å². The SMILES string of the molecule is CC(C)CCCOP(=O)(O)O.CC(C)CCCOP(=O)(O)OCCCC(C)C.CC(C)COCOP(=O)(O)O.CC(C)COCOP(=O)(O)OCOCC(C)C.CCCCCCOP(=O)(O)O.CCCCCCOP(=O)(O)OCCCCCC.CCCCOP(=O)(O)O.CCCCOP(=O)(O)OCCCC.CCOCOP(=O)(O)O.CCOCOP(=O)(O)OCOCC.COCOP(=O)(O)O.COCOP(=O)(O)OCOC. The van der Waals surface area contributed by atoms with Crippen LogP contribution in [0, 0.1) is 35.5 Å². The highest BCUT2D eigenvalue weighted by Gasteiger charge is 2.27. The van der Waals surface area contributed by atoms with Crippen molar-refractivity contribution in [2.24, 2.45) is 35.5 Å². The zero-order valence-electron chi connectivity index (χ0n) is 90.7. The molecule has 0 radical (unpaired) electrons. The molecule has 57 nitrogen and oxygen atoms in total. The Kier molecular flexibility index (Phi) is 134. The van der Waals surface area contributed by atoms with Crippen molar-refractivity contribution < 1.29 is 267 Å². The van der Waals surface area contributed by atoms with E-state index in [2.05, 4.69) is 136 Å². The molecule has 147 heavy (non-hydrogen) atoms. The Bertz CT molecular complexity index is 3120. The summed E-state index contributed by atoms with van der Waals surface area (Å²) in [5, 5.41) is 0. The van der Waals surface area contributed by atoms with Crippen molar-refractivity contribution >= 4 is 93.9 Å². The number of rotatable bonds is 81. The molecule has 69 heteroatoms. The van der Waals surface area contributed by atoms with Crippen LogP contribution in [0.4, 0.5) is 0 Å². The van der Waals surface area contributed by atoms with Gasteiger partial charge in [0.2, 0.25) is 0 Å².